The lowest BCUT2D eigenvalue weighted by molar-refractivity contribution is 0.0697. The molecule has 24 heavy (non-hydrogen) atoms. The number of piperazine rings is 1. The lowest BCUT2D eigenvalue weighted by Crippen LogP contribution is -2.44. The fraction of sp³-hybridized carbons (Fsp3) is 0.500. The normalized spacial score (nSPS) is 15.9. The number of aromatic nitrogens is 1. The molecule has 1 fully saturated rings. The number of hydrogen-bond donors (Lipinski definition) is 3. The molecule has 0 aliphatic carbocycles. The number of nitrogens with zero attached hydrogens (tertiary/aromatic N) is 2. The lowest BCUT2D eigenvalue weighted by atomic mass is 10.1. The fourth-order valence-corrected chi connectivity index (χ4v) is 3.34. The molecular weight excluding hydrogens is 306 g/mol. The summed E-state index contributed by atoms with van der Waals surface area (Å²) in [6.07, 6.45) is 3.74. The van der Waals surface area contributed by atoms with E-state index in [1.807, 2.05) is 6.07 Å². The van der Waals surface area contributed by atoms with Crippen LogP contribution in [-0.2, 0) is 13.0 Å². The molecule has 2 aromatic rings. The topological polar surface area (TPSA) is 77.7 Å². The minimum absolute atomic E-state index is 0.133. The Morgan fingerprint density at radius 1 is 1.21 bits per heavy atom. The average Bonchev–Trinajstić information content (AvgIpc) is 2.96. The van der Waals surface area contributed by atoms with Crippen LogP contribution in [0.25, 0.3) is 10.9 Å². The largest absolute Gasteiger partial charge is 0.478 e. The van der Waals surface area contributed by atoms with E-state index in [9.17, 15) is 9.90 Å². The number of hydrogen-bond acceptors (Lipinski definition) is 4. The van der Waals surface area contributed by atoms with Crippen LogP contribution in [0.1, 0.15) is 22.3 Å². The van der Waals surface area contributed by atoms with E-state index in [0.717, 1.165) is 50.0 Å². The van der Waals surface area contributed by atoms with Gasteiger partial charge in [-0.05, 0) is 30.5 Å². The molecule has 0 unspecified atom stereocenters. The summed E-state index contributed by atoms with van der Waals surface area (Å²) in [6, 6.07) is 5.33. The molecule has 1 saturated heterocycles. The van der Waals surface area contributed by atoms with Crippen molar-refractivity contribution < 1.29 is 15.0 Å². The van der Waals surface area contributed by atoms with Crippen molar-refractivity contribution in [2.45, 2.75) is 19.4 Å². The van der Waals surface area contributed by atoms with Gasteiger partial charge in [0.15, 0.2) is 0 Å². The van der Waals surface area contributed by atoms with E-state index in [1.54, 1.807) is 12.1 Å². The molecule has 0 radical (unpaired) electrons. The highest BCUT2D eigenvalue weighted by molar-refractivity contribution is 5.94. The monoisotopic (exact) mass is 331 g/mol. The Bertz CT molecular complexity index is 705. The van der Waals surface area contributed by atoms with Gasteiger partial charge in [-0.2, -0.15) is 0 Å². The van der Waals surface area contributed by atoms with E-state index in [-0.39, 0.29) is 6.61 Å². The first-order chi connectivity index (χ1) is 11.7. The third-order valence-electron chi connectivity index (χ3n) is 4.68. The van der Waals surface area contributed by atoms with E-state index in [4.69, 9.17) is 5.11 Å². The first-order valence-electron chi connectivity index (χ1n) is 8.58. The Balaban J connectivity index is 1.84. The molecular formula is C18H25N3O3. The number of aliphatic hydroxyl groups is 1. The van der Waals surface area contributed by atoms with Crippen LogP contribution in [-0.4, -0.2) is 65.0 Å². The number of benzene rings is 1. The standard InChI is InChI=1S/C18H25N3O3/c22-11-1-7-21-13-15(4-8-20-9-5-19-6-10-20)16-3-2-14(18(23)24)12-17(16)21/h2-3,12-13,19,22H,1,4-11H2,(H,23,24). The summed E-state index contributed by atoms with van der Waals surface area (Å²) in [7, 11) is 0. The Morgan fingerprint density at radius 2 is 2.00 bits per heavy atom. The Hall–Kier alpha value is -1.89. The number of aliphatic hydroxyl groups excluding tert-OH is 1. The molecule has 0 spiro atoms. The highest BCUT2D eigenvalue weighted by Crippen LogP contribution is 2.24. The maximum atomic E-state index is 11.2. The predicted octanol–water partition coefficient (Wildman–Crippen LogP) is 1.17. The Labute approximate surface area is 141 Å². The maximum Gasteiger partial charge on any atom is 0.335 e. The third-order valence-corrected chi connectivity index (χ3v) is 4.68. The van der Waals surface area contributed by atoms with E-state index in [0.29, 0.717) is 18.5 Å². The third kappa shape index (κ3) is 3.77. The summed E-state index contributed by atoms with van der Waals surface area (Å²) < 4.78 is 2.07. The number of aromatic carboxylic acids is 1. The first kappa shape index (κ1) is 17.0. The molecule has 1 aromatic carbocycles. The molecule has 0 saturated carbocycles. The quantitative estimate of drug-likeness (QED) is 0.710. The summed E-state index contributed by atoms with van der Waals surface area (Å²) in [6.45, 7) is 6.08. The average molecular weight is 331 g/mol. The van der Waals surface area contributed by atoms with Crippen LogP contribution >= 0.6 is 0 Å². The zero-order valence-corrected chi connectivity index (χ0v) is 13.9. The van der Waals surface area contributed by atoms with Crippen molar-refractivity contribution in [3.05, 3.63) is 35.5 Å². The minimum Gasteiger partial charge on any atom is -0.478 e. The molecule has 130 valence electrons. The molecule has 2 heterocycles. The molecule has 0 amide bonds. The van der Waals surface area contributed by atoms with E-state index in [2.05, 4.69) is 21.0 Å². The van der Waals surface area contributed by atoms with Gasteiger partial charge in [-0.15, -0.1) is 0 Å². The molecule has 6 nitrogen and oxygen atoms in total. The second kappa shape index (κ2) is 7.79. The first-order valence-corrected chi connectivity index (χ1v) is 8.58. The van der Waals surface area contributed by atoms with Gasteiger partial charge < -0.3 is 25.0 Å². The SMILES string of the molecule is O=C(O)c1ccc2c(CCN3CCNCC3)cn(CCCO)c2c1. The molecule has 1 aromatic heterocycles. The zero-order chi connectivity index (χ0) is 16.9. The van der Waals surface area contributed by atoms with Crippen LogP contribution < -0.4 is 5.32 Å². The van der Waals surface area contributed by atoms with Crippen LogP contribution in [0.3, 0.4) is 0 Å². The van der Waals surface area contributed by atoms with Gasteiger partial charge in [0, 0.05) is 63.0 Å². The second-order valence-electron chi connectivity index (χ2n) is 6.30. The van der Waals surface area contributed by atoms with Crippen molar-refractivity contribution in [1.29, 1.82) is 0 Å². The zero-order valence-electron chi connectivity index (χ0n) is 13.9. The van der Waals surface area contributed by atoms with Gasteiger partial charge in [-0.3, -0.25) is 0 Å². The predicted molar refractivity (Wildman–Crippen MR) is 93.6 cm³/mol. The second-order valence-corrected chi connectivity index (χ2v) is 6.30. The van der Waals surface area contributed by atoms with Crippen LogP contribution in [0.15, 0.2) is 24.4 Å². The van der Waals surface area contributed by atoms with Gasteiger partial charge in [-0.1, -0.05) is 6.07 Å². The summed E-state index contributed by atoms with van der Waals surface area (Å²) >= 11 is 0. The van der Waals surface area contributed by atoms with Crippen LogP contribution in [0.4, 0.5) is 0 Å². The van der Waals surface area contributed by atoms with Crippen molar-refractivity contribution in [1.82, 2.24) is 14.8 Å². The van der Waals surface area contributed by atoms with Gasteiger partial charge in [0.1, 0.15) is 0 Å². The van der Waals surface area contributed by atoms with Crippen molar-refractivity contribution in [2.75, 3.05) is 39.3 Å². The van der Waals surface area contributed by atoms with Gasteiger partial charge in [0.25, 0.3) is 0 Å². The van der Waals surface area contributed by atoms with E-state index < -0.39 is 5.97 Å². The van der Waals surface area contributed by atoms with Crippen LogP contribution in [0.5, 0.6) is 0 Å². The van der Waals surface area contributed by atoms with Crippen molar-refractivity contribution in [3.8, 4) is 0 Å². The number of rotatable bonds is 7. The molecule has 3 N–H and O–H groups in total. The van der Waals surface area contributed by atoms with Crippen molar-refractivity contribution in [3.63, 3.8) is 0 Å². The molecule has 6 heteroatoms. The lowest BCUT2D eigenvalue weighted by Gasteiger charge is -2.26. The van der Waals surface area contributed by atoms with Gasteiger partial charge >= 0.3 is 5.97 Å². The van der Waals surface area contributed by atoms with Crippen molar-refractivity contribution in [2.24, 2.45) is 0 Å². The molecule has 0 bridgehead atoms. The Morgan fingerprint density at radius 3 is 2.71 bits per heavy atom. The summed E-state index contributed by atoms with van der Waals surface area (Å²) in [4.78, 5) is 13.7. The Kier molecular flexibility index (Phi) is 5.50. The number of fused-ring (bicyclic) bond motifs is 1. The molecule has 0 atom stereocenters. The molecule has 3 rings (SSSR count). The van der Waals surface area contributed by atoms with Crippen LogP contribution in [0, 0.1) is 0 Å². The fourth-order valence-electron chi connectivity index (χ4n) is 3.34. The maximum absolute atomic E-state index is 11.2. The smallest absolute Gasteiger partial charge is 0.335 e. The van der Waals surface area contributed by atoms with Crippen molar-refractivity contribution >= 4 is 16.9 Å². The van der Waals surface area contributed by atoms with E-state index in [1.165, 1.54) is 5.56 Å². The van der Waals surface area contributed by atoms with Crippen LogP contribution in [0.2, 0.25) is 0 Å². The highest BCUT2D eigenvalue weighted by Gasteiger charge is 2.14. The summed E-state index contributed by atoms with van der Waals surface area (Å²) in [5.41, 5.74) is 2.50. The molecule has 1 aliphatic heterocycles. The number of carbonyl (C=O) groups is 1. The number of aryl methyl sites for hydroxylation is 1. The summed E-state index contributed by atoms with van der Waals surface area (Å²) in [5.74, 6) is -0.908. The van der Waals surface area contributed by atoms with Gasteiger partial charge in [-0.25, -0.2) is 4.79 Å². The van der Waals surface area contributed by atoms with E-state index >= 15 is 0 Å². The number of nitrogens with one attached hydrogen (secondary N) is 1. The summed E-state index contributed by atoms with van der Waals surface area (Å²) in [5, 5.41) is 22.8. The molecule has 1 aliphatic rings. The number of carboxylic acids is 1. The van der Waals surface area contributed by atoms with Gasteiger partial charge in [0.05, 0.1) is 5.56 Å². The number of carboxylic acid groups (broad SMARTS) is 1. The highest BCUT2D eigenvalue weighted by atomic mass is 16.4. The van der Waals surface area contributed by atoms with Gasteiger partial charge in [0.2, 0.25) is 0 Å². The minimum atomic E-state index is -0.908.